The van der Waals surface area contributed by atoms with Crippen LogP contribution in [-0.4, -0.2) is 32.2 Å². The van der Waals surface area contributed by atoms with Gasteiger partial charge in [-0.25, -0.2) is 8.42 Å². The van der Waals surface area contributed by atoms with Gasteiger partial charge in [0.15, 0.2) is 0 Å². The van der Waals surface area contributed by atoms with Gasteiger partial charge in [0.05, 0.1) is 17.5 Å². The van der Waals surface area contributed by atoms with Gasteiger partial charge in [0, 0.05) is 7.05 Å². The summed E-state index contributed by atoms with van der Waals surface area (Å²) < 4.78 is 26.2. The first-order valence-electron chi connectivity index (χ1n) is 8.28. The predicted molar refractivity (Wildman–Crippen MR) is 96.6 cm³/mol. The molecule has 1 amide bonds. The van der Waals surface area contributed by atoms with Crippen LogP contribution in [0.15, 0.2) is 53.4 Å². The Labute approximate surface area is 148 Å². The summed E-state index contributed by atoms with van der Waals surface area (Å²) >= 11 is 0. The van der Waals surface area contributed by atoms with E-state index in [4.69, 9.17) is 0 Å². The molecule has 3 rings (SSSR count). The highest BCUT2D eigenvalue weighted by Gasteiger charge is 2.26. The molecule has 5 nitrogen and oxygen atoms in total. The van der Waals surface area contributed by atoms with Crippen LogP contribution in [0.5, 0.6) is 0 Å². The third kappa shape index (κ3) is 3.75. The fraction of sp³-hybridized carbons (Fsp3) is 0.316. The number of rotatable bonds is 5. The third-order valence-corrected chi connectivity index (χ3v) is 6.38. The van der Waals surface area contributed by atoms with Crippen molar-refractivity contribution < 1.29 is 13.2 Å². The molecule has 0 unspecified atom stereocenters. The number of amides is 1. The number of likely N-dealkylation sites (N-methyl/N-ethyl adjacent to an activating group) is 1. The Morgan fingerprint density at radius 1 is 1.16 bits per heavy atom. The number of fused-ring (bicyclic) bond motifs is 1. The predicted octanol–water partition coefficient (Wildman–Crippen LogP) is 2.42. The molecule has 0 bridgehead atoms. The summed E-state index contributed by atoms with van der Waals surface area (Å²) in [5, 5.41) is 2.95. The summed E-state index contributed by atoms with van der Waals surface area (Å²) in [5.41, 5.74) is 3.35. The molecule has 2 aromatic rings. The molecule has 0 fully saturated rings. The zero-order valence-corrected chi connectivity index (χ0v) is 15.2. The summed E-state index contributed by atoms with van der Waals surface area (Å²) in [4.78, 5) is 12.5. The Hall–Kier alpha value is -2.18. The lowest BCUT2D eigenvalue weighted by atomic mass is 10.1. The maximum Gasteiger partial charge on any atom is 0.243 e. The van der Waals surface area contributed by atoms with Crippen LogP contribution in [-0.2, 0) is 21.2 Å². The Bertz CT molecular complexity index is 876. The van der Waals surface area contributed by atoms with Gasteiger partial charge < -0.3 is 5.32 Å². The minimum Gasteiger partial charge on any atom is -0.348 e. The summed E-state index contributed by atoms with van der Waals surface area (Å²) in [5.74, 6) is -0.292. The van der Waals surface area contributed by atoms with Crippen LogP contribution in [0.25, 0.3) is 0 Å². The first kappa shape index (κ1) is 17.6. The second-order valence-electron chi connectivity index (χ2n) is 6.43. The average Bonchev–Trinajstić information content (AvgIpc) is 2.98. The van der Waals surface area contributed by atoms with E-state index in [1.807, 2.05) is 25.1 Å². The molecular weight excluding hydrogens is 336 g/mol. The third-order valence-electron chi connectivity index (χ3n) is 4.56. The summed E-state index contributed by atoms with van der Waals surface area (Å²) in [6, 6.07) is 14.6. The Morgan fingerprint density at radius 2 is 1.84 bits per heavy atom. The molecule has 0 spiro atoms. The first-order chi connectivity index (χ1) is 11.9. The summed E-state index contributed by atoms with van der Waals surface area (Å²) in [6.45, 7) is 1.70. The van der Waals surface area contributed by atoms with E-state index in [9.17, 15) is 13.2 Å². The number of hydrogen-bond acceptors (Lipinski definition) is 3. The Kier molecular flexibility index (Phi) is 4.92. The lowest BCUT2D eigenvalue weighted by Crippen LogP contribution is -2.39. The molecule has 1 atom stereocenters. The van der Waals surface area contributed by atoms with E-state index in [1.165, 1.54) is 12.6 Å². The molecule has 6 heteroatoms. The second-order valence-corrected chi connectivity index (χ2v) is 8.48. The van der Waals surface area contributed by atoms with Crippen LogP contribution >= 0.6 is 0 Å². The first-order valence-corrected chi connectivity index (χ1v) is 9.72. The summed E-state index contributed by atoms with van der Waals surface area (Å²) in [6.07, 6.45) is 1.78. The zero-order valence-electron chi connectivity index (χ0n) is 14.4. The van der Waals surface area contributed by atoms with Gasteiger partial charge in [-0.05, 0) is 43.0 Å². The van der Waals surface area contributed by atoms with Gasteiger partial charge in [-0.3, -0.25) is 4.79 Å². The van der Waals surface area contributed by atoms with E-state index < -0.39 is 10.0 Å². The van der Waals surface area contributed by atoms with Crippen molar-refractivity contribution >= 4 is 15.9 Å². The molecule has 2 aromatic carbocycles. The number of carbonyl (C=O) groups excluding carboxylic acids is 1. The van der Waals surface area contributed by atoms with Crippen LogP contribution in [0.4, 0.5) is 0 Å². The van der Waals surface area contributed by atoms with Crippen LogP contribution in [0.3, 0.4) is 0 Å². The quantitative estimate of drug-likeness (QED) is 0.893. The average molecular weight is 358 g/mol. The van der Waals surface area contributed by atoms with Gasteiger partial charge >= 0.3 is 0 Å². The molecular formula is C19H22N2O3S. The van der Waals surface area contributed by atoms with Gasteiger partial charge in [0.2, 0.25) is 15.9 Å². The number of sulfonamides is 1. The highest BCUT2D eigenvalue weighted by atomic mass is 32.2. The number of aryl methyl sites for hydroxylation is 2. The van der Waals surface area contributed by atoms with Crippen LogP contribution < -0.4 is 5.32 Å². The molecule has 132 valence electrons. The van der Waals surface area contributed by atoms with Crippen molar-refractivity contribution in [3.63, 3.8) is 0 Å². The highest BCUT2D eigenvalue weighted by Crippen LogP contribution is 2.30. The SMILES string of the molecule is Cc1ccc(S(=O)(=O)N(C)CC(=O)N[C@@H]2CCc3ccccc32)cc1. The molecule has 0 heterocycles. The minimum atomic E-state index is -3.67. The van der Waals surface area contributed by atoms with Crippen molar-refractivity contribution in [3.05, 3.63) is 65.2 Å². The van der Waals surface area contributed by atoms with E-state index >= 15 is 0 Å². The molecule has 0 saturated carbocycles. The van der Waals surface area contributed by atoms with Crippen molar-refractivity contribution in [1.82, 2.24) is 9.62 Å². The van der Waals surface area contributed by atoms with Crippen LogP contribution in [0, 0.1) is 6.92 Å². The molecule has 1 N–H and O–H groups in total. The van der Waals surface area contributed by atoms with E-state index in [0.29, 0.717) is 0 Å². The maximum atomic E-state index is 12.6. The number of nitrogens with zero attached hydrogens (tertiary/aromatic N) is 1. The molecule has 0 aromatic heterocycles. The van der Waals surface area contributed by atoms with Gasteiger partial charge in [0.25, 0.3) is 0 Å². The standard InChI is InChI=1S/C19H22N2O3S/c1-14-7-10-16(11-8-14)25(23,24)21(2)13-19(22)20-18-12-9-15-5-3-4-6-17(15)18/h3-8,10-11,18H,9,12-13H2,1-2H3,(H,20,22)/t18-/m1/s1. The van der Waals surface area contributed by atoms with Crippen molar-refractivity contribution in [2.75, 3.05) is 13.6 Å². The molecule has 0 saturated heterocycles. The maximum absolute atomic E-state index is 12.6. The fourth-order valence-corrected chi connectivity index (χ4v) is 4.25. The van der Waals surface area contributed by atoms with Gasteiger partial charge in [-0.15, -0.1) is 0 Å². The molecule has 1 aliphatic carbocycles. The topological polar surface area (TPSA) is 66.5 Å². The Morgan fingerprint density at radius 3 is 2.56 bits per heavy atom. The largest absolute Gasteiger partial charge is 0.348 e. The van der Waals surface area contributed by atoms with E-state index in [0.717, 1.165) is 28.3 Å². The molecule has 0 aliphatic heterocycles. The second kappa shape index (κ2) is 6.98. The minimum absolute atomic E-state index is 0.0424. The highest BCUT2D eigenvalue weighted by molar-refractivity contribution is 7.89. The monoisotopic (exact) mass is 358 g/mol. The number of nitrogens with one attached hydrogen (secondary N) is 1. The summed E-state index contributed by atoms with van der Waals surface area (Å²) in [7, 11) is -2.24. The Balaban J connectivity index is 1.66. The van der Waals surface area contributed by atoms with Gasteiger partial charge in [0.1, 0.15) is 0 Å². The van der Waals surface area contributed by atoms with E-state index in [-0.39, 0.29) is 23.4 Å². The van der Waals surface area contributed by atoms with Crippen LogP contribution in [0.1, 0.15) is 29.2 Å². The normalized spacial score (nSPS) is 16.7. The van der Waals surface area contributed by atoms with Crippen LogP contribution in [0.2, 0.25) is 0 Å². The van der Waals surface area contributed by atoms with Crippen molar-refractivity contribution in [1.29, 1.82) is 0 Å². The van der Waals surface area contributed by atoms with E-state index in [1.54, 1.807) is 24.3 Å². The number of hydrogen-bond donors (Lipinski definition) is 1. The fourth-order valence-electron chi connectivity index (χ4n) is 3.12. The lowest BCUT2D eigenvalue weighted by molar-refractivity contribution is -0.121. The van der Waals surface area contributed by atoms with E-state index in [2.05, 4.69) is 11.4 Å². The number of carbonyl (C=O) groups is 1. The molecule has 25 heavy (non-hydrogen) atoms. The van der Waals surface area contributed by atoms with Crippen molar-refractivity contribution in [2.24, 2.45) is 0 Å². The molecule has 1 aliphatic rings. The smallest absolute Gasteiger partial charge is 0.243 e. The lowest BCUT2D eigenvalue weighted by Gasteiger charge is -2.19. The number of benzene rings is 2. The van der Waals surface area contributed by atoms with Crippen molar-refractivity contribution in [2.45, 2.75) is 30.7 Å². The van der Waals surface area contributed by atoms with Crippen molar-refractivity contribution in [3.8, 4) is 0 Å². The zero-order chi connectivity index (χ0) is 18.0. The molecule has 0 radical (unpaired) electrons. The van der Waals surface area contributed by atoms with Gasteiger partial charge in [-0.1, -0.05) is 42.0 Å². The van der Waals surface area contributed by atoms with Gasteiger partial charge in [-0.2, -0.15) is 4.31 Å².